The van der Waals surface area contributed by atoms with Crippen LogP contribution >= 0.6 is 11.3 Å². The lowest BCUT2D eigenvalue weighted by molar-refractivity contribution is 0.0700. The number of fused-ring (bicyclic) bond motifs is 1. The molecule has 0 unspecified atom stereocenters. The van der Waals surface area contributed by atoms with E-state index in [0.717, 1.165) is 37.3 Å². The molecule has 1 aromatic heterocycles. The molecule has 1 saturated heterocycles. The van der Waals surface area contributed by atoms with Crippen LogP contribution in [0.5, 0.6) is 0 Å². The predicted molar refractivity (Wildman–Crippen MR) is 73.3 cm³/mol. The van der Waals surface area contributed by atoms with Gasteiger partial charge in [-0.2, -0.15) is 0 Å². The van der Waals surface area contributed by atoms with E-state index in [1.807, 2.05) is 0 Å². The molecule has 0 bridgehead atoms. The lowest BCUT2D eigenvalue weighted by Crippen LogP contribution is -2.19. The minimum absolute atomic E-state index is 0.270. The molecule has 3 nitrogen and oxygen atoms in total. The maximum absolute atomic E-state index is 14.0. The first-order chi connectivity index (χ1) is 9.16. The highest BCUT2D eigenvalue weighted by atomic mass is 32.1. The number of carbonyl (C=O) groups is 1. The molecule has 1 aliphatic rings. The molecular weight excluding hydrogens is 265 g/mol. The predicted octanol–water partition coefficient (Wildman–Crippen LogP) is 3.33. The maximum Gasteiger partial charge on any atom is 0.346 e. The van der Waals surface area contributed by atoms with Crippen molar-refractivity contribution in [3.05, 3.63) is 34.5 Å². The number of hydrogen-bond acceptors (Lipinski definition) is 3. The highest BCUT2D eigenvalue weighted by molar-refractivity contribution is 7.21. The van der Waals surface area contributed by atoms with Gasteiger partial charge in [0.05, 0.1) is 0 Å². The van der Waals surface area contributed by atoms with Gasteiger partial charge < -0.3 is 5.11 Å². The number of aromatic carboxylic acids is 1. The fraction of sp³-hybridized carbons (Fsp3) is 0.357. The summed E-state index contributed by atoms with van der Waals surface area (Å²) in [6.07, 6.45) is 2.26. The zero-order valence-electron chi connectivity index (χ0n) is 10.4. The molecule has 100 valence electrons. The molecule has 0 spiro atoms. The minimum atomic E-state index is -0.963. The van der Waals surface area contributed by atoms with E-state index < -0.39 is 5.97 Å². The van der Waals surface area contributed by atoms with E-state index in [1.165, 1.54) is 6.07 Å². The number of carboxylic acids is 1. The van der Waals surface area contributed by atoms with Crippen LogP contribution < -0.4 is 0 Å². The molecule has 0 atom stereocenters. The van der Waals surface area contributed by atoms with Crippen molar-refractivity contribution in [2.75, 3.05) is 13.1 Å². The molecule has 2 aromatic rings. The Morgan fingerprint density at radius 2 is 2.11 bits per heavy atom. The van der Waals surface area contributed by atoms with Crippen LogP contribution in [0.1, 0.15) is 28.1 Å². The Morgan fingerprint density at radius 3 is 2.79 bits per heavy atom. The van der Waals surface area contributed by atoms with Gasteiger partial charge in [0, 0.05) is 22.2 Å². The molecule has 1 aliphatic heterocycles. The Morgan fingerprint density at radius 1 is 1.37 bits per heavy atom. The topological polar surface area (TPSA) is 40.5 Å². The quantitative estimate of drug-likeness (QED) is 0.936. The van der Waals surface area contributed by atoms with Gasteiger partial charge in [0.15, 0.2) is 0 Å². The van der Waals surface area contributed by atoms with Crippen molar-refractivity contribution in [1.82, 2.24) is 4.90 Å². The van der Waals surface area contributed by atoms with Crippen LogP contribution in [0.15, 0.2) is 18.2 Å². The average molecular weight is 279 g/mol. The van der Waals surface area contributed by atoms with Gasteiger partial charge in [0.1, 0.15) is 10.7 Å². The van der Waals surface area contributed by atoms with Crippen molar-refractivity contribution in [3.63, 3.8) is 0 Å². The second-order valence-electron chi connectivity index (χ2n) is 4.81. The fourth-order valence-electron chi connectivity index (χ4n) is 2.66. The smallest absolute Gasteiger partial charge is 0.346 e. The number of thiophene rings is 1. The summed E-state index contributed by atoms with van der Waals surface area (Å²) in [4.78, 5) is 13.8. The standard InChI is InChI=1S/C14H14FNO2S/c15-10-4-3-5-11-12(10)9(13(19-11)14(17)18)8-16-6-1-2-7-16/h3-5H,1-2,6-8H2,(H,17,18). The Balaban J connectivity index is 2.12. The molecule has 5 heteroatoms. The van der Waals surface area contributed by atoms with Crippen molar-refractivity contribution in [3.8, 4) is 0 Å². The van der Waals surface area contributed by atoms with Gasteiger partial charge in [-0.15, -0.1) is 11.3 Å². The van der Waals surface area contributed by atoms with E-state index in [1.54, 1.807) is 12.1 Å². The highest BCUT2D eigenvalue weighted by Crippen LogP contribution is 2.34. The molecule has 19 heavy (non-hydrogen) atoms. The van der Waals surface area contributed by atoms with Crippen LogP contribution in [-0.2, 0) is 6.54 Å². The van der Waals surface area contributed by atoms with Gasteiger partial charge in [-0.05, 0) is 38.1 Å². The van der Waals surface area contributed by atoms with Crippen LogP contribution in [-0.4, -0.2) is 29.1 Å². The molecule has 3 rings (SSSR count). The number of carboxylic acid groups (broad SMARTS) is 1. The maximum atomic E-state index is 14.0. The number of halogens is 1. The summed E-state index contributed by atoms with van der Waals surface area (Å²) in [5.74, 6) is -1.29. The monoisotopic (exact) mass is 279 g/mol. The molecule has 0 radical (unpaired) electrons. The van der Waals surface area contributed by atoms with E-state index in [-0.39, 0.29) is 10.7 Å². The molecular formula is C14H14FNO2S. The first-order valence-electron chi connectivity index (χ1n) is 6.32. The van der Waals surface area contributed by atoms with Crippen LogP contribution in [0.2, 0.25) is 0 Å². The molecule has 2 heterocycles. The SMILES string of the molecule is O=C(O)c1sc2cccc(F)c2c1CN1CCCC1. The molecule has 1 aromatic carbocycles. The molecule has 0 amide bonds. The van der Waals surface area contributed by atoms with Gasteiger partial charge in [-0.3, -0.25) is 4.90 Å². The van der Waals surface area contributed by atoms with Gasteiger partial charge in [0.25, 0.3) is 0 Å². The van der Waals surface area contributed by atoms with Crippen molar-refractivity contribution in [2.24, 2.45) is 0 Å². The Kier molecular flexibility index (Phi) is 3.24. The van der Waals surface area contributed by atoms with Crippen LogP contribution in [0.3, 0.4) is 0 Å². The number of benzene rings is 1. The summed E-state index contributed by atoms with van der Waals surface area (Å²) in [7, 11) is 0. The second kappa shape index (κ2) is 4.90. The molecule has 1 fully saturated rings. The molecule has 0 saturated carbocycles. The van der Waals surface area contributed by atoms with E-state index in [9.17, 15) is 14.3 Å². The summed E-state index contributed by atoms with van der Waals surface area (Å²) < 4.78 is 14.7. The van der Waals surface area contributed by atoms with Crippen LogP contribution in [0.25, 0.3) is 10.1 Å². The third kappa shape index (κ3) is 2.24. The fourth-order valence-corrected chi connectivity index (χ4v) is 3.72. The van der Waals surface area contributed by atoms with Gasteiger partial charge in [0.2, 0.25) is 0 Å². The zero-order valence-corrected chi connectivity index (χ0v) is 11.2. The third-order valence-electron chi connectivity index (χ3n) is 3.54. The number of hydrogen-bond donors (Lipinski definition) is 1. The summed E-state index contributed by atoms with van der Waals surface area (Å²) >= 11 is 1.16. The van der Waals surface area contributed by atoms with E-state index in [0.29, 0.717) is 22.2 Å². The Bertz CT molecular complexity index is 632. The largest absolute Gasteiger partial charge is 0.477 e. The van der Waals surface area contributed by atoms with Gasteiger partial charge in [-0.1, -0.05) is 6.07 Å². The lowest BCUT2D eigenvalue weighted by Gasteiger charge is -2.14. The number of likely N-dealkylation sites (tertiary alicyclic amines) is 1. The number of rotatable bonds is 3. The van der Waals surface area contributed by atoms with Crippen LogP contribution in [0.4, 0.5) is 4.39 Å². The van der Waals surface area contributed by atoms with Gasteiger partial charge >= 0.3 is 5.97 Å². The van der Waals surface area contributed by atoms with E-state index >= 15 is 0 Å². The zero-order chi connectivity index (χ0) is 13.4. The molecule has 1 N–H and O–H groups in total. The minimum Gasteiger partial charge on any atom is -0.477 e. The van der Waals surface area contributed by atoms with Crippen LogP contribution in [0, 0.1) is 5.82 Å². The van der Waals surface area contributed by atoms with Crippen molar-refractivity contribution in [2.45, 2.75) is 19.4 Å². The third-order valence-corrected chi connectivity index (χ3v) is 4.72. The first-order valence-corrected chi connectivity index (χ1v) is 7.14. The lowest BCUT2D eigenvalue weighted by atomic mass is 10.1. The highest BCUT2D eigenvalue weighted by Gasteiger charge is 2.23. The first kappa shape index (κ1) is 12.6. The van der Waals surface area contributed by atoms with Crippen molar-refractivity contribution in [1.29, 1.82) is 0 Å². The van der Waals surface area contributed by atoms with Crippen molar-refractivity contribution >= 4 is 27.4 Å². The Labute approximate surface area is 114 Å². The second-order valence-corrected chi connectivity index (χ2v) is 5.86. The van der Waals surface area contributed by atoms with Gasteiger partial charge in [-0.25, -0.2) is 9.18 Å². The summed E-state index contributed by atoms with van der Waals surface area (Å²) in [5.41, 5.74) is 0.632. The van der Waals surface area contributed by atoms with Crippen molar-refractivity contribution < 1.29 is 14.3 Å². The van der Waals surface area contributed by atoms with E-state index in [4.69, 9.17) is 0 Å². The average Bonchev–Trinajstić information content (AvgIpc) is 2.98. The summed E-state index contributed by atoms with van der Waals surface area (Å²) in [6.45, 7) is 2.46. The summed E-state index contributed by atoms with van der Waals surface area (Å²) in [5, 5.41) is 9.78. The number of nitrogens with zero attached hydrogens (tertiary/aromatic N) is 1. The summed E-state index contributed by atoms with van der Waals surface area (Å²) in [6, 6.07) is 4.80. The Hall–Kier alpha value is -1.46. The van der Waals surface area contributed by atoms with E-state index in [2.05, 4.69) is 4.90 Å². The molecule has 0 aliphatic carbocycles. The normalized spacial score (nSPS) is 16.3.